The molecule has 0 radical (unpaired) electrons. The van der Waals surface area contributed by atoms with Crippen LogP contribution in [0.2, 0.25) is 0 Å². The highest BCUT2D eigenvalue weighted by Crippen LogP contribution is 2.33. The number of fused-ring (bicyclic) bond motifs is 1. The number of methoxy groups -OCH3 is 1. The lowest BCUT2D eigenvalue weighted by Gasteiger charge is -2.02. The van der Waals surface area contributed by atoms with Crippen LogP contribution in [-0.4, -0.2) is 23.2 Å². The van der Waals surface area contributed by atoms with Crippen molar-refractivity contribution in [3.63, 3.8) is 0 Å². The number of aromatic nitrogens is 2. The molecule has 0 unspecified atom stereocenters. The first kappa shape index (κ1) is 17.8. The zero-order valence-corrected chi connectivity index (χ0v) is 15.8. The average molecular weight is 377 g/mol. The predicted octanol–water partition coefficient (Wildman–Crippen LogP) is 4.04. The van der Waals surface area contributed by atoms with Gasteiger partial charge in [0.25, 0.3) is 5.91 Å². The lowest BCUT2D eigenvalue weighted by molar-refractivity contribution is 0.0946. The number of carbonyl (C=O) groups is 1. The lowest BCUT2D eigenvalue weighted by Crippen LogP contribution is -2.22. The molecule has 7 nitrogen and oxygen atoms in total. The van der Waals surface area contributed by atoms with Gasteiger partial charge in [0.05, 0.1) is 13.7 Å². The number of benzene rings is 2. The van der Waals surface area contributed by atoms with Crippen LogP contribution in [0.1, 0.15) is 27.4 Å². The molecule has 0 spiro atoms. The van der Waals surface area contributed by atoms with E-state index in [-0.39, 0.29) is 12.5 Å². The van der Waals surface area contributed by atoms with E-state index < -0.39 is 0 Å². The van der Waals surface area contributed by atoms with Gasteiger partial charge in [-0.15, -0.1) is 0 Å². The van der Waals surface area contributed by atoms with Crippen LogP contribution in [0, 0.1) is 13.8 Å². The maximum Gasteiger partial charge on any atom is 0.251 e. The smallest absolute Gasteiger partial charge is 0.251 e. The first-order valence-corrected chi connectivity index (χ1v) is 8.80. The molecule has 142 valence electrons. The molecule has 2 heterocycles. The molecule has 0 aliphatic carbocycles. The molecule has 28 heavy (non-hydrogen) atoms. The number of aryl methyl sites for hydroxylation is 2. The summed E-state index contributed by atoms with van der Waals surface area (Å²) in [7, 11) is 1.62. The summed E-state index contributed by atoms with van der Waals surface area (Å²) in [5, 5.41) is 7.68. The second kappa shape index (κ2) is 7.19. The summed E-state index contributed by atoms with van der Waals surface area (Å²) in [6.45, 7) is 4.03. The van der Waals surface area contributed by atoms with E-state index >= 15 is 0 Å². The van der Waals surface area contributed by atoms with Crippen LogP contribution in [0.5, 0.6) is 5.75 Å². The third-order valence-corrected chi connectivity index (χ3v) is 4.53. The highest BCUT2D eigenvalue weighted by Gasteiger charge is 2.19. The van der Waals surface area contributed by atoms with Gasteiger partial charge in [-0.1, -0.05) is 22.9 Å². The van der Waals surface area contributed by atoms with Gasteiger partial charge >= 0.3 is 0 Å². The molecule has 4 aromatic rings. The van der Waals surface area contributed by atoms with Crippen molar-refractivity contribution in [1.29, 1.82) is 0 Å². The van der Waals surface area contributed by atoms with Gasteiger partial charge in [-0.2, -0.15) is 4.98 Å². The molecule has 0 aliphatic heterocycles. The van der Waals surface area contributed by atoms with Crippen molar-refractivity contribution >= 4 is 16.9 Å². The van der Waals surface area contributed by atoms with Gasteiger partial charge in [-0.25, -0.2) is 0 Å². The Labute approximate surface area is 161 Å². The second-order valence-corrected chi connectivity index (χ2v) is 6.48. The summed E-state index contributed by atoms with van der Waals surface area (Å²) in [5.41, 5.74) is 3.28. The maximum atomic E-state index is 12.2. The number of hydrogen-bond donors (Lipinski definition) is 1. The lowest BCUT2D eigenvalue weighted by atomic mass is 10.1. The minimum atomic E-state index is -0.202. The first-order valence-electron chi connectivity index (χ1n) is 8.80. The van der Waals surface area contributed by atoms with Gasteiger partial charge in [0.1, 0.15) is 11.3 Å². The maximum absolute atomic E-state index is 12.2. The van der Waals surface area contributed by atoms with E-state index in [1.54, 1.807) is 19.2 Å². The summed E-state index contributed by atoms with van der Waals surface area (Å²) in [6.07, 6.45) is 0. The van der Waals surface area contributed by atoms with Gasteiger partial charge in [0.15, 0.2) is 5.76 Å². The minimum absolute atomic E-state index is 0.132. The summed E-state index contributed by atoms with van der Waals surface area (Å²) in [6, 6.07) is 12.9. The molecule has 0 aliphatic rings. The van der Waals surface area contributed by atoms with Crippen LogP contribution < -0.4 is 10.1 Å². The molecule has 2 aromatic carbocycles. The third-order valence-electron chi connectivity index (χ3n) is 4.53. The fraction of sp³-hybridized carbons (Fsp3) is 0.190. The van der Waals surface area contributed by atoms with Crippen molar-refractivity contribution in [3.8, 4) is 17.3 Å². The van der Waals surface area contributed by atoms with E-state index in [1.807, 2.05) is 44.2 Å². The molecule has 0 atom stereocenters. The quantitative estimate of drug-likeness (QED) is 0.564. The first-order chi connectivity index (χ1) is 13.5. The topological polar surface area (TPSA) is 90.4 Å². The zero-order valence-electron chi connectivity index (χ0n) is 15.8. The highest BCUT2D eigenvalue weighted by atomic mass is 16.5. The van der Waals surface area contributed by atoms with Crippen molar-refractivity contribution < 1.29 is 18.5 Å². The fourth-order valence-electron chi connectivity index (χ4n) is 2.92. The Morgan fingerprint density at radius 2 is 1.93 bits per heavy atom. The number of rotatable bonds is 5. The Balaban J connectivity index is 1.51. The summed E-state index contributed by atoms with van der Waals surface area (Å²) in [4.78, 5) is 16.5. The minimum Gasteiger partial charge on any atom is -0.497 e. The average Bonchev–Trinajstić information content (AvgIpc) is 3.31. The monoisotopic (exact) mass is 377 g/mol. The van der Waals surface area contributed by atoms with Crippen LogP contribution in [0.3, 0.4) is 0 Å². The van der Waals surface area contributed by atoms with Crippen molar-refractivity contribution in [2.75, 3.05) is 7.11 Å². The van der Waals surface area contributed by atoms with Gasteiger partial charge in [-0.3, -0.25) is 4.79 Å². The summed E-state index contributed by atoms with van der Waals surface area (Å²) >= 11 is 0. The third kappa shape index (κ3) is 3.34. The number of nitrogens with zero attached hydrogens (tertiary/aromatic N) is 2. The molecule has 0 fully saturated rings. The number of nitrogens with one attached hydrogen (secondary N) is 1. The molecule has 7 heteroatoms. The van der Waals surface area contributed by atoms with Gasteiger partial charge in [0.2, 0.25) is 11.7 Å². The number of ether oxygens (including phenoxy) is 1. The number of hydrogen-bond acceptors (Lipinski definition) is 6. The highest BCUT2D eigenvalue weighted by molar-refractivity contribution is 5.94. The molecule has 4 rings (SSSR count). The van der Waals surface area contributed by atoms with Gasteiger partial charge in [0, 0.05) is 16.5 Å². The van der Waals surface area contributed by atoms with E-state index in [0.29, 0.717) is 28.6 Å². The molecule has 0 saturated carbocycles. The van der Waals surface area contributed by atoms with Crippen LogP contribution in [-0.2, 0) is 6.54 Å². The summed E-state index contributed by atoms with van der Waals surface area (Å²) < 4.78 is 16.4. The van der Waals surface area contributed by atoms with E-state index in [2.05, 4.69) is 15.5 Å². The van der Waals surface area contributed by atoms with Gasteiger partial charge in [-0.05, 0) is 44.2 Å². The molecule has 0 bridgehead atoms. The van der Waals surface area contributed by atoms with Crippen LogP contribution in [0.15, 0.2) is 51.4 Å². The van der Waals surface area contributed by atoms with E-state index in [1.165, 1.54) is 0 Å². The normalized spacial score (nSPS) is 11.0. The largest absolute Gasteiger partial charge is 0.497 e. The van der Waals surface area contributed by atoms with E-state index in [0.717, 1.165) is 22.3 Å². The van der Waals surface area contributed by atoms with Crippen molar-refractivity contribution in [2.24, 2.45) is 0 Å². The molecular formula is C21H19N3O4. The van der Waals surface area contributed by atoms with Crippen molar-refractivity contribution in [2.45, 2.75) is 20.4 Å². The number of carbonyl (C=O) groups excluding carboxylic acids is 1. The predicted molar refractivity (Wildman–Crippen MR) is 103 cm³/mol. The van der Waals surface area contributed by atoms with E-state index in [9.17, 15) is 4.79 Å². The Morgan fingerprint density at radius 3 is 2.68 bits per heavy atom. The number of furan rings is 1. The Hall–Kier alpha value is -3.61. The van der Waals surface area contributed by atoms with Crippen molar-refractivity contribution in [3.05, 3.63) is 65.0 Å². The fourth-order valence-corrected chi connectivity index (χ4v) is 2.92. The number of amides is 1. The van der Waals surface area contributed by atoms with Crippen LogP contribution >= 0.6 is 0 Å². The van der Waals surface area contributed by atoms with Crippen LogP contribution in [0.4, 0.5) is 0 Å². The second-order valence-electron chi connectivity index (χ2n) is 6.48. The van der Waals surface area contributed by atoms with Gasteiger partial charge < -0.3 is 19.0 Å². The molecule has 1 N–H and O–H groups in total. The molecule has 1 amide bonds. The molecule has 2 aromatic heterocycles. The van der Waals surface area contributed by atoms with Crippen LogP contribution in [0.25, 0.3) is 22.6 Å². The Morgan fingerprint density at radius 1 is 1.14 bits per heavy atom. The Kier molecular flexibility index (Phi) is 4.57. The molecule has 0 saturated heterocycles. The van der Waals surface area contributed by atoms with Crippen molar-refractivity contribution in [1.82, 2.24) is 15.5 Å². The van der Waals surface area contributed by atoms with E-state index in [4.69, 9.17) is 13.7 Å². The zero-order chi connectivity index (χ0) is 19.7. The standard InChI is InChI=1S/C21H19N3O4/c1-12-4-6-14(7-5-12)21(25)22-11-18-23-20(24-28-18)19-13(2)16-10-15(26-3)8-9-17(16)27-19/h4-10H,11H2,1-3H3,(H,22,25). The summed E-state index contributed by atoms with van der Waals surface area (Å²) in [5.74, 6) is 1.71. The SMILES string of the molecule is COc1ccc2oc(-c3noc(CNC(=O)c4ccc(C)cc4)n3)c(C)c2c1. The Bertz CT molecular complexity index is 1140. The molecular weight excluding hydrogens is 358 g/mol.